The molecule has 4 rings (SSSR count). The molecule has 1 saturated heterocycles. The Morgan fingerprint density at radius 1 is 1.12 bits per heavy atom. The third-order valence-electron chi connectivity index (χ3n) is 5.97. The summed E-state index contributed by atoms with van der Waals surface area (Å²) in [5.74, 6) is 0.694. The molecule has 2 atom stereocenters. The minimum Gasteiger partial charge on any atom is -0.386 e. The maximum absolute atomic E-state index is 12.8. The summed E-state index contributed by atoms with van der Waals surface area (Å²) in [7, 11) is 0. The van der Waals surface area contributed by atoms with Crippen molar-refractivity contribution in [3.8, 4) is 0 Å². The largest absolute Gasteiger partial charge is 0.386 e. The molecule has 0 aromatic heterocycles. The summed E-state index contributed by atoms with van der Waals surface area (Å²) in [5.41, 5.74) is 2.40. The van der Waals surface area contributed by atoms with Crippen molar-refractivity contribution < 1.29 is 9.90 Å². The molecule has 1 N–H and O–H groups in total. The topological polar surface area (TPSA) is 40.5 Å². The fourth-order valence-corrected chi connectivity index (χ4v) is 4.27. The number of carbonyl (C=O) groups is 1. The molecule has 1 saturated carbocycles. The Balaban J connectivity index is 1.46. The molecule has 25 heavy (non-hydrogen) atoms. The maximum atomic E-state index is 12.8. The average molecular weight is 335 g/mol. The lowest BCUT2D eigenvalue weighted by atomic mass is 9.87. The Hall–Kier alpha value is -2.13. The van der Waals surface area contributed by atoms with Crippen LogP contribution in [0.3, 0.4) is 0 Å². The van der Waals surface area contributed by atoms with Crippen LogP contribution in [0.1, 0.15) is 48.2 Å². The van der Waals surface area contributed by atoms with E-state index in [-0.39, 0.29) is 5.91 Å². The van der Waals surface area contributed by atoms with Gasteiger partial charge in [0.2, 0.25) is 0 Å². The standard InChI is InChI=1S/C22H25NO2/c1-21(2,25)17-10-8-16(9-11-17)20(24)23-13-12-22(14-19(22)15-23)18-6-4-3-5-7-18/h3-11,19,25H,12-15H2,1-2H3. The number of rotatable bonds is 3. The van der Waals surface area contributed by atoms with Gasteiger partial charge in [-0.3, -0.25) is 4.79 Å². The van der Waals surface area contributed by atoms with Gasteiger partial charge < -0.3 is 10.0 Å². The smallest absolute Gasteiger partial charge is 0.253 e. The Morgan fingerprint density at radius 2 is 1.80 bits per heavy atom. The normalized spacial score (nSPS) is 25.4. The number of nitrogens with zero attached hydrogens (tertiary/aromatic N) is 1. The van der Waals surface area contributed by atoms with Crippen molar-refractivity contribution in [2.45, 2.75) is 37.7 Å². The van der Waals surface area contributed by atoms with Gasteiger partial charge in [-0.05, 0) is 55.9 Å². The van der Waals surface area contributed by atoms with Gasteiger partial charge in [0, 0.05) is 24.1 Å². The van der Waals surface area contributed by atoms with Crippen LogP contribution < -0.4 is 0 Å². The van der Waals surface area contributed by atoms with Crippen molar-refractivity contribution in [1.82, 2.24) is 4.90 Å². The van der Waals surface area contributed by atoms with Gasteiger partial charge in [-0.25, -0.2) is 0 Å². The van der Waals surface area contributed by atoms with Gasteiger partial charge in [0.25, 0.3) is 5.91 Å². The molecule has 0 radical (unpaired) electrons. The van der Waals surface area contributed by atoms with E-state index in [1.807, 2.05) is 29.2 Å². The Labute approximate surface area is 149 Å². The summed E-state index contributed by atoms with van der Waals surface area (Å²) in [4.78, 5) is 14.8. The second kappa shape index (κ2) is 5.70. The lowest BCUT2D eigenvalue weighted by molar-refractivity contribution is 0.0703. The first-order valence-corrected chi connectivity index (χ1v) is 9.08. The highest BCUT2D eigenvalue weighted by molar-refractivity contribution is 5.94. The third kappa shape index (κ3) is 2.87. The number of piperidine rings is 1. The van der Waals surface area contributed by atoms with Crippen LogP contribution in [0.5, 0.6) is 0 Å². The average Bonchev–Trinajstić information content (AvgIpc) is 3.36. The molecular weight excluding hydrogens is 310 g/mol. The molecule has 2 aromatic carbocycles. The predicted octanol–water partition coefficient (Wildman–Crippen LogP) is 3.72. The van der Waals surface area contributed by atoms with Crippen molar-refractivity contribution >= 4 is 5.91 Å². The van der Waals surface area contributed by atoms with E-state index >= 15 is 0 Å². The van der Waals surface area contributed by atoms with E-state index in [1.165, 1.54) is 12.0 Å². The van der Waals surface area contributed by atoms with E-state index in [1.54, 1.807) is 13.8 Å². The number of hydrogen-bond acceptors (Lipinski definition) is 2. The summed E-state index contributed by atoms with van der Waals surface area (Å²) in [5, 5.41) is 10.0. The Bertz CT molecular complexity index is 776. The first kappa shape index (κ1) is 16.3. The molecule has 2 aliphatic rings. The number of aliphatic hydroxyl groups is 1. The molecule has 0 bridgehead atoms. The summed E-state index contributed by atoms with van der Waals surface area (Å²) >= 11 is 0. The molecule has 130 valence electrons. The van der Waals surface area contributed by atoms with Crippen LogP contribution in [-0.4, -0.2) is 29.0 Å². The second-order valence-electron chi connectivity index (χ2n) is 8.06. The van der Waals surface area contributed by atoms with Crippen LogP contribution in [0.25, 0.3) is 0 Å². The zero-order valence-corrected chi connectivity index (χ0v) is 14.9. The van der Waals surface area contributed by atoms with E-state index in [0.717, 1.165) is 25.1 Å². The van der Waals surface area contributed by atoms with Crippen LogP contribution in [0, 0.1) is 5.92 Å². The van der Waals surface area contributed by atoms with Gasteiger partial charge in [0.05, 0.1) is 5.60 Å². The van der Waals surface area contributed by atoms with Gasteiger partial charge in [-0.2, -0.15) is 0 Å². The van der Waals surface area contributed by atoms with Crippen LogP contribution in [-0.2, 0) is 11.0 Å². The SMILES string of the molecule is CC(C)(O)c1ccc(C(=O)N2CCC3(c4ccccc4)CC3C2)cc1. The van der Waals surface area contributed by atoms with Crippen molar-refractivity contribution in [2.24, 2.45) is 5.92 Å². The minimum absolute atomic E-state index is 0.107. The Kier molecular flexibility index (Phi) is 3.73. The maximum Gasteiger partial charge on any atom is 0.253 e. The molecule has 0 spiro atoms. The second-order valence-corrected chi connectivity index (χ2v) is 8.06. The zero-order valence-electron chi connectivity index (χ0n) is 14.9. The molecule has 1 aliphatic heterocycles. The highest BCUT2D eigenvalue weighted by Gasteiger charge is 2.57. The van der Waals surface area contributed by atoms with E-state index in [9.17, 15) is 9.90 Å². The van der Waals surface area contributed by atoms with Crippen LogP contribution >= 0.6 is 0 Å². The number of likely N-dealkylation sites (tertiary alicyclic amines) is 1. The first-order valence-electron chi connectivity index (χ1n) is 9.08. The summed E-state index contributed by atoms with van der Waals surface area (Å²) in [6.45, 7) is 5.17. The molecule has 3 heteroatoms. The lowest BCUT2D eigenvalue weighted by Crippen LogP contribution is -2.40. The minimum atomic E-state index is -0.879. The van der Waals surface area contributed by atoms with Gasteiger partial charge in [-0.1, -0.05) is 42.5 Å². The van der Waals surface area contributed by atoms with Crippen LogP contribution in [0.4, 0.5) is 0 Å². The van der Waals surface area contributed by atoms with Crippen molar-refractivity contribution in [2.75, 3.05) is 13.1 Å². The first-order chi connectivity index (χ1) is 11.9. The molecule has 3 nitrogen and oxygen atoms in total. The Morgan fingerprint density at radius 3 is 2.40 bits per heavy atom. The van der Waals surface area contributed by atoms with E-state index in [2.05, 4.69) is 30.3 Å². The fourth-order valence-electron chi connectivity index (χ4n) is 4.27. The monoisotopic (exact) mass is 335 g/mol. The highest BCUT2D eigenvalue weighted by atomic mass is 16.3. The van der Waals surface area contributed by atoms with Gasteiger partial charge in [-0.15, -0.1) is 0 Å². The zero-order chi connectivity index (χ0) is 17.7. The van der Waals surface area contributed by atoms with E-state index < -0.39 is 5.60 Å². The molecule has 2 unspecified atom stereocenters. The molecular formula is C22H25NO2. The molecule has 2 aromatic rings. The summed E-state index contributed by atoms with van der Waals surface area (Å²) in [6.07, 6.45) is 2.24. The van der Waals surface area contributed by atoms with E-state index in [4.69, 9.17) is 0 Å². The summed E-state index contributed by atoms with van der Waals surface area (Å²) in [6, 6.07) is 18.1. The number of hydrogen-bond donors (Lipinski definition) is 1. The number of amides is 1. The van der Waals surface area contributed by atoms with Crippen molar-refractivity contribution in [3.05, 3.63) is 71.3 Å². The number of carbonyl (C=O) groups excluding carboxylic acids is 1. The van der Waals surface area contributed by atoms with Crippen molar-refractivity contribution in [3.63, 3.8) is 0 Å². The third-order valence-corrected chi connectivity index (χ3v) is 5.97. The molecule has 1 aliphatic carbocycles. The fraction of sp³-hybridized carbons (Fsp3) is 0.409. The van der Waals surface area contributed by atoms with Gasteiger partial charge in [0.1, 0.15) is 0 Å². The van der Waals surface area contributed by atoms with Gasteiger partial charge >= 0.3 is 0 Å². The molecule has 1 heterocycles. The molecule has 1 amide bonds. The molecule has 2 fully saturated rings. The lowest BCUT2D eigenvalue weighted by Gasteiger charge is -2.32. The predicted molar refractivity (Wildman–Crippen MR) is 98.4 cm³/mol. The number of benzene rings is 2. The van der Waals surface area contributed by atoms with Crippen molar-refractivity contribution in [1.29, 1.82) is 0 Å². The van der Waals surface area contributed by atoms with Gasteiger partial charge in [0.15, 0.2) is 0 Å². The van der Waals surface area contributed by atoms with Crippen LogP contribution in [0.15, 0.2) is 54.6 Å². The number of fused-ring (bicyclic) bond motifs is 1. The highest BCUT2D eigenvalue weighted by Crippen LogP contribution is 2.59. The van der Waals surface area contributed by atoms with Crippen LogP contribution in [0.2, 0.25) is 0 Å². The summed E-state index contributed by atoms with van der Waals surface area (Å²) < 4.78 is 0. The van der Waals surface area contributed by atoms with E-state index in [0.29, 0.717) is 16.9 Å². The quantitative estimate of drug-likeness (QED) is 0.929.